The average molecular weight is 212 g/mol. The molecule has 0 amide bonds. The molecule has 3 nitrogen and oxygen atoms in total. The molecule has 0 spiro atoms. The predicted octanol–water partition coefficient (Wildman–Crippen LogP) is 1.98. The van der Waals surface area contributed by atoms with E-state index in [1.165, 1.54) is 12.1 Å². The zero-order valence-corrected chi connectivity index (χ0v) is 9.05. The molecule has 84 valence electrons. The fraction of sp³-hybridized carbons (Fsp3) is 0.455. The number of nitrogens with two attached hydrogens (primary N) is 1. The van der Waals surface area contributed by atoms with Gasteiger partial charge in [0, 0.05) is 23.5 Å². The van der Waals surface area contributed by atoms with Gasteiger partial charge >= 0.3 is 0 Å². The Morgan fingerprint density at radius 2 is 2.07 bits per heavy atom. The summed E-state index contributed by atoms with van der Waals surface area (Å²) in [6.45, 7) is 3.96. The lowest BCUT2D eigenvalue weighted by molar-refractivity contribution is 0.261. The van der Waals surface area contributed by atoms with Crippen molar-refractivity contribution in [3.8, 4) is 0 Å². The van der Waals surface area contributed by atoms with Crippen LogP contribution in [0.4, 0.5) is 15.8 Å². The highest BCUT2D eigenvalue weighted by Gasteiger charge is 2.16. The second kappa shape index (κ2) is 4.49. The maximum Gasteiger partial charge on any atom is 0.127 e. The fourth-order valence-electron chi connectivity index (χ4n) is 1.42. The Morgan fingerprint density at radius 1 is 1.40 bits per heavy atom. The van der Waals surface area contributed by atoms with Crippen LogP contribution in [0.5, 0.6) is 0 Å². The minimum atomic E-state index is -0.364. The largest absolute Gasteiger partial charge is 0.399 e. The van der Waals surface area contributed by atoms with Gasteiger partial charge in [0.25, 0.3) is 0 Å². The minimum Gasteiger partial charge on any atom is -0.399 e. The van der Waals surface area contributed by atoms with Crippen molar-refractivity contribution in [2.24, 2.45) is 0 Å². The molecule has 0 unspecified atom stereocenters. The van der Waals surface area contributed by atoms with E-state index in [0.29, 0.717) is 17.8 Å². The molecule has 0 aliphatic carbocycles. The summed E-state index contributed by atoms with van der Waals surface area (Å²) in [7, 11) is 0. The molecule has 1 aromatic rings. The normalized spacial score (nSPS) is 11.5. The van der Waals surface area contributed by atoms with Crippen LogP contribution in [0.1, 0.15) is 20.3 Å². The van der Waals surface area contributed by atoms with E-state index in [4.69, 9.17) is 10.8 Å². The number of anilines is 2. The number of benzene rings is 1. The van der Waals surface area contributed by atoms with E-state index in [9.17, 15) is 4.39 Å². The summed E-state index contributed by atoms with van der Waals surface area (Å²) in [6.07, 6.45) is 0.587. The summed E-state index contributed by atoms with van der Waals surface area (Å²) in [5.41, 5.74) is 6.26. The Bertz CT molecular complexity index is 319. The molecule has 0 bridgehead atoms. The van der Waals surface area contributed by atoms with Gasteiger partial charge < -0.3 is 16.2 Å². The number of hydrogen-bond donors (Lipinski definition) is 3. The molecule has 0 saturated heterocycles. The first kappa shape index (κ1) is 11.8. The highest BCUT2D eigenvalue weighted by Crippen LogP contribution is 2.21. The highest BCUT2D eigenvalue weighted by atomic mass is 19.1. The SMILES string of the molecule is CC(C)(CCO)Nc1cc(N)cc(F)c1. The number of aliphatic hydroxyl groups excluding tert-OH is 1. The number of rotatable bonds is 4. The Balaban J connectivity index is 2.80. The molecular formula is C11H17FN2O. The number of nitrogen functional groups attached to an aromatic ring is 1. The van der Waals surface area contributed by atoms with Gasteiger partial charge in [-0.1, -0.05) is 0 Å². The fourth-order valence-corrected chi connectivity index (χ4v) is 1.42. The lowest BCUT2D eigenvalue weighted by atomic mass is 10.0. The van der Waals surface area contributed by atoms with Gasteiger partial charge in [0.05, 0.1) is 0 Å². The standard InChI is InChI=1S/C11H17FN2O/c1-11(2,3-4-15)14-10-6-8(12)5-9(13)7-10/h5-7,14-15H,3-4,13H2,1-2H3. The van der Waals surface area contributed by atoms with Crippen molar-refractivity contribution in [1.29, 1.82) is 0 Å². The van der Waals surface area contributed by atoms with Gasteiger partial charge in [0.1, 0.15) is 5.82 Å². The molecule has 0 aromatic heterocycles. The van der Waals surface area contributed by atoms with Crippen LogP contribution in [0.25, 0.3) is 0 Å². The van der Waals surface area contributed by atoms with Crippen LogP contribution in [0, 0.1) is 5.82 Å². The molecule has 0 saturated carbocycles. The summed E-state index contributed by atoms with van der Waals surface area (Å²) < 4.78 is 13.0. The van der Waals surface area contributed by atoms with Crippen molar-refractivity contribution in [2.75, 3.05) is 17.7 Å². The van der Waals surface area contributed by atoms with Gasteiger partial charge in [0.2, 0.25) is 0 Å². The maximum absolute atomic E-state index is 13.0. The Kier molecular flexibility index (Phi) is 3.52. The third-order valence-corrected chi connectivity index (χ3v) is 2.14. The lowest BCUT2D eigenvalue weighted by Gasteiger charge is -2.26. The van der Waals surface area contributed by atoms with E-state index in [1.54, 1.807) is 6.07 Å². The first-order valence-corrected chi connectivity index (χ1v) is 4.88. The van der Waals surface area contributed by atoms with E-state index in [2.05, 4.69) is 5.32 Å². The maximum atomic E-state index is 13.0. The van der Waals surface area contributed by atoms with Crippen molar-refractivity contribution in [2.45, 2.75) is 25.8 Å². The summed E-state index contributed by atoms with van der Waals surface area (Å²) in [5, 5.41) is 12.0. The van der Waals surface area contributed by atoms with Gasteiger partial charge in [-0.3, -0.25) is 0 Å². The van der Waals surface area contributed by atoms with Crippen LogP contribution in [0.15, 0.2) is 18.2 Å². The molecule has 0 fully saturated rings. The Morgan fingerprint density at radius 3 is 2.60 bits per heavy atom. The lowest BCUT2D eigenvalue weighted by Crippen LogP contribution is -2.31. The van der Waals surface area contributed by atoms with Gasteiger partial charge in [-0.25, -0.2) is 4.39 Å². The van der Waals surface area contributed by atoms with E-state index in [1.807, 2.05) is 13.8 Å². The van der Waals surface area contributed by atoms with Crippen molar-refractivity contribution in [3.63, 3.8) is 0 Å². The Labute approximate surface area is 89.1 Å². The van der Waals surface area contributed by atoms with Crippen molar-refractivity contribution < 1.29 is 9.50 Å². The molecule has 4 heteroatoms. The van der Waals surface area contributed by atoms with E-state index in [-0.39, 0.29) is 18.0 Å². The molecule has 1 rings (SSSR count). The van der Waals surface area contributed by atoms with Crippen molar-refractivity contribution >= 4 is 11.4 Å². The van der Waals surface area contributed by atoms with Crippen LogP contribution in [0.3, 0.4) is 0 Å². The second-order valence-electron chi connectivity index (χ2n) is 4.26. The molecule has 15 heavy (non-hydrogen) atoms. The number of nitrogens with one attached hydrogen (secondary N) is 1. The van der Waals surface area contributed by atoms with Crippen molar-refractivity contribution in [3.05, 3.63) is 24.0 Å². The smallest absolute Gasteiger partial charge is 0.127 e. The molecule has 0 aliphatic heterocycles. The number of halogens is 1. The third kappa shape index (κ3) is 3.75. The van der Waals surface area contributed by atoms with Gasteiger partial charge in [-0.15, -0.1) is 0 Å². The molecule has 0 radical (unpaired) electrons. The van der Waals surface area contributed by atoms with E-state index < -0.39 is 0 Å². The first-order valence-electron chi connectivity index (χ1n) is 4.88. The predicted molar refractivity (Wildman–Crippen MR) is 60.2 cm³/mol. The van der Waals surface area contributed by atoms with Gasteiger partial charge in [-0.2, -0.15) is 0 Å². The van der Waals surface area contributed by atoms with Crippen LogP contribution in [-0.2, 0) is 0 Å². The quantitative estimate of drug-likeness (QED) is 0.669. The zero-order valence-electron chi connectivity index (χ0n) is 9.05. The van der Waals surface area contributed by atoms with Crippen LogP contribution in [0.2, 0.25) is 0 Å². The molecule has 0 atom stereocenters. The van der Waals surface area contributed by atoms with Crippen molar-refractivity contribution in [1.82, 2.24) is 0 Å². The first-order chi connectivity index (χ1) is 6.93. The minimum absolute atomic E-state index is 0.0881. The molecule has 4 N–H and O–H groups in total. The third-order valence-electron chi connectivity index (χ3n) is 2.14. The average Bonchev–Trinajstić information content (AvgIpc) is 1.99. The van der Waals surface area contributed by atoms with E-state index in [0.717, 1.165) is 0 Å². The molecule has 0 aliphatic rings. The monoisotopic (exact) mass is 212 g/mol. The van der Waals surface area contributed by atoms with Gasteiger partial charge in [-0.05, 0) is 38.5 Å². The molecule has 0 heterocycles. The Hall–Kier alpha value is -1.29. The highest BCUT2D eigenvalue weighted by molar-refractivity contribution is 5.55. The summed E-state index contributed by atoms with van der Waals surface area (Å²) in [4.78, 5) is 0. The zero-order chi connectivity index (χ0) is 11.5. The summed E-state index contributed by atoms with van der Waals surface area (Å²) in [6, 6.07) is 4.32. The number of hydrogen-bond acceptors (Lipinski definition) is 3. The molecular weight excluding hydrogens is 195 g/mol. The second-order valence-corrected chi connectivity index (χ2v) is 4.26. The summed E-state index contributed by atoms with van der Waals surface area (Å²) >= 11 is 0. The van der Waals surface area contributed by atoms with Crippen LogP contribution < -0.4 is 11.1 Å². The molecule has 1 aromatic carbocycles. The van der Waals surface area contributed by atoms with Gasteiger partial charge in [0.15, 0.2) is 0 Å². The number of aliphatic hydroxyl groups is 1. The van der Waals surface area contributed by atoms with Crippen LogP contribution in [-0.4, -0.2) is 17.3 Å². The van der Waals surface area contributed by atoms with E-state index >= 15 is 0 Å². The van der Waals surface area contributed by atoms with Crippen LogP contribution >= 0.6 is 0 Å². The topological polar surface area (TPSA) is 58.3 Å². The summed E-state index contributed by atoms with van der Waals surface area (Å²) in [5.74, 6) is -0.364.